The van der Waals surface area contributed by atoms with Crippen molar-refractivity contribution < 1.29 is 9.32 Å². The van der Waals surface area contributed by atoms with Crippen molar-refractivity contribution >= 4 is 17.1 Å². The number of nitrogens with zero attached hydrogens (tertiary/aromatic N) is 3. The molecule has 1 fully saturated rings. The van der Waals surface area contributed by atoms with Crippen LogP contribution in [0.2, 0.25) is 0 Å². The second-order valence-corrected chi connectivity index (χ2v) is 5.02. The van der Waals surface area contributed by atoms with Gasteiger partial charge in [-0.25, -0.2) is 0 Å². The van der Waals surface area contributed by atoms with Crippen molar-refractivity contribution in [2.75, 3.05) is 0 Å². The highest BCUT2D eigenvalue weighted by molar-refractivity contribution is 7.13. The summed E-state index contributed by atoms with van der Waals surface area (Å²) in [5, 5.41) is 3.95. The topological polar surface area (TPSA) is 68.9 Å². The first-order chi connectivity index (χ1) is 8.33. The highest BCUT2D eigenvalue weighted by Crippen LogP contribution is 2.31. The average molecular weight is 249 g/mol. The molecule has 0 bridgehead atoms. The van der Waals surface area contributed by atoms with E-state index in [1.54, 1.807) is 11.7 Å². The van der Waals surface area contributed by atoms with E-state index in [4.69, 9.17) is 4.52 Å². The van der Waals surface area contributed by atoms with Crippen molar-refractivity contribution in [3.8, 4) is 10.7 Å². The fourth-order valence-corrected chi connectivity index (χ4v) is 2.56. The third-order valence-corrected chi connectivity index (χ3v) is 3.76. The first kappa shape index (κ1) is 10.6. The van der Waals surface area contributed by atoms with Gasteiger partial charge in [0.05, 0.1) is 10.4 Å². The van der Waals surface area contributed by atoms with Crippen LogP contribution in [0.5, 0.6) is 0 Å². The molecule has 1 aliphatic rings. The van der Waals surface area contributed by atoms with Crippen LogP contribution in [0.3, 0.4) is 0 Å². The van der Waals surface area contributed by atoms with Gasteiger partial charge in [0.1, 0.15) is 5.78 Å². The van der Waals surface area contributed by atoms with Crippen LogP contribution in [-0.4, -0.2) is 20.9 Å². The molecule has 3 rings (SSSR count). The van der Waals surface area contributed by atoms with Gasteiger partial charge in [0.25, 0.3) is 0 Å². The van der Waals surface area contributed by atoms with Crippen molar-refractivity contribution in [2.24, 2.45) is 0 Å². The number of Topliss-reactive ketones (excluding diaryl/α,β-unsaturated/α-hetero) is 1. The van der Waals surface area contributed by atoms with E-state index in [2.05, 4.69) is 15.1 Å². The van der Waals surface area contributed by atoms with Gasteiger partial charge in [0.2, 0.25) is 11.7 Å². The summed E-state index contributed by atoms with van der Waals surface area (Å²) in [5.74, 6) is 1.82. The predicted octanol–water partition coefficient (Wildman–Crippen LogP) is 2.42. The maximum atomic E-state index is 11.2. The predicted molar refractivity (Wildman–Crippen MR) is 61.6 cm³/mol. The van der Waals surface area contributed by atoms with Crippen LogP contribution in [0.1, 0.15) is 37.5 Å². The second-order valence-electron chi connectivity index (χ2n) is 4.13. The fraction of sp³-hybridized carbons (Fsp3) is 0.455. The first-order valence-corrected chi connectivity index (χ1v) is 6.45. The molecular weight excluding hydrogens is 238 g/mol. The summed E-state index contributed by atoms with van der Waals surface area (Å²) in [7, 11) is 0. The molecule has 0 spiro atoms. The summed E-state index contributed by atoms with van der Waals surface area (Å²) >= 11 is 1.49. The fourth-order valence-electron chi connectivity index (χ4n) is 2.01. The van der Waals surface area contributed by atoms with Crippen LogP contribution in [0.4, 0.5) is 0 Å². The van der Waals surface area contributed by atoms with Gasteiger partial charge in [-0.15, -0.1) is 11.3 Å². The normalized spacial score (nSPS) is 17.5. The second kappa shape index (κ2) is 4.37. The Bertz CT molecular complexity index is 511. The lowest BCUT2D eigenvalue weighted by Gasteiger charge is -2.16. The Morgan fingerprint density at radius 1 is 1.35 bits per heavy atom. The molecule has 1 saturated carbocycles. The Morgan fingerprint density at radius 2 is 2.18 bits per heavy atom. The first-order valence-electron chi connectivity index (χ1n) is 5.57. The number of hydrogen-bond acceptors (Lipinski definition) is 6. The molecule has 6 heteroatoms. The average Bonchev–Trinajstić information content (AvgIpc) is 3.00. The Balaban J connectivity index is 1.79. The Labute approximate surface area is 102 Å². The zero-order valence-corrected chi connectivity index (χ0v) is 9.94. The quantitative estimate of drug-likeness (QED) is 0.817. The van der Waals surface area contributed by atoms with E-state index in [1.165, 1.54) is 11.3 Å². The van der Waals surface area contributed by atoms with Crippen molar-refractivity contribution in [1.29, 1.82) is 0 Å². The summed E-state index contributed by atoms with van der Waals surface area (Å²) < 4.78 is 5.27. The third kappa shape index (κ3) is 2.12. The molecule has 0 aliphatic heterocycles. The SMILES string of the molecule is O=C1CCC(c2nc(-c3cncs3)no2)CC1. The molecule has 0 N–H and O–H groups in total. The molecule has 1 aliphatic carbocycles. The molecule has 0 atom stereocenters. The Kier molecular flexibility index (Phi) is 2.72. The van der Waals surface area contributed by atoms with Crippen LogP contribution in [-0.2, 0) is 4.79 Å². The molecular formula is C11H11N3O2S. The monoisotopic (exact) mass is 249 g/mol. The standard InChI is InChI=1S/C11H11N3O2S/c15-8-3-1-7(2-4-8)11-13-10(14-16-11)9-5-12-6-17-9/h5-7H,1-4H2. The highest BCUT2D eigenvalue weighted by atomic mass is 32.1. The summed E-state index contributed by atoms with van der Waals surface area (Å²) in [4.78, 5) is 20.4. The molecule has 2 heterocycles. The third-order valence-electron chi connectivity index (χ3n) is 2.99. The van der Waals surface area contributed by atoms with E-state index >= 15 is 0 Å². The molecule has 88 valence electrons. The number of aromatic nitrogens is 3. The molecule has 2 aromatic rings. The van der Waals surface area contributed by atoms with E-state index in [0.29, 0.717) is 30.3 Å². The zero-order valence-electron chi connectivity index (χ0n) is 9.13. The number of hydrogen-bond donors (Lipinski definition) is 0. The van der Waals surface area contributed by atoms with Crippen LogP contribution < -0.4 is 0 Å². The van der Waals surface area contributed by atoms with E-state index in [9.17, 15) is 4.79 Å². The molecule has 0 saturated heterocycles. The summed E-state index contributed by atoms with van der Waals surface area (Å²) in [6, 6.07) is 0. The Hall–Kier alpha value is -1.56. The van der Waals surface area contributed by atoms with Gasteiger partial charge in [-0.1, -0.05) is 5.16 Å². The van der Waals surface area contributed by atoms with Gasteiger partial charge in [-0.05, 0) is 12.8 Å². The lowest BCUT2D eigenvalue weighted by Crippen LogP contribution is -2.12. The van der Waals surface area contributed by atoms with Gasteiger partial charge >= 0.3 is 0 Å². The van der Waals surface area contributed by atoms with E-state index in [1.807, 2.05) is 0 Å². The van der Waals surface area contributed by atoms with Gasteiger partial charge in [0, 0.05) is 25.0 Å². The molecule has 0 unspecified atom stereocenters. The van der Waals surface area contributed by atoms with Gasteiger partial charge in [-0.3, -0.25) is 9.78 Å². The van der Waals surface area contributed by atoms with Gasteiger partial charge < -0.3 is 4.52 Å². The molecule has 2 aromatic heterocycles. The minimum atomic E-state index is 0.238. The highest BCUT2D eigenvalue weighted by Gasteiger charge is 2.25. The zero-order chi connectivity index (χ0) is 11.7. The van der Waals surface area contributed by atoms with Crippen LogP contribution in [0, 0.1) is 0 Å². The van der Waals surface area contributed by atoms with Crippen LogP contribution >= 0.6 is 11.3 Å². The summed E-state index contributed by atoms with van der Waals surface area (Å²) in [5.41, 5.74) is 1.74. The number of thiazole rings is 1. The van der Waals surface area contributed by atoms with Crippen molar-refractivity contribution in [3.05, 3.63) is 17.6 Å². The summed E-state index contributed by atoms with van der Waals surface area (Å²) in [6.45, 7) is 0. The van der Waals surface area contributed by atoms with Crippen LogP contribution in [0.15, 0.2) is 16.2 Å². The maximum absolute atomic E-state index is 11.2. The van der Waals surface area contributed by atoms with Crippen molar-refractivity contribution in [1.82, 2.24) is 15.1 Å². The van der Waals surface area contributed by atoms with E-state index < -0.39 is 0 Å². The molecule has 5 nitrogen and oxygen atoms in total. The van der Waals surface area contributed by atoms with Crippen molar-refractivity contribution in [2.45, 2.75) is 31.6 Å². The van der Waals surface area contributed by atoms with Gasteiger partial charge in [-0.2, -0.15) is 4.98 Å². The number of carbonyl (C=O) groups excluding carboxylic acids is 1. The number of carbonyl (C=O) groups is 1. The lowest BCUT2D eigenvalue weighted by atomic mass is 9.88. The smallest absolute Gasteiger partial charge is 0.230 e. The summed E-state index contributed by atoms with van der Waals surface area (Å²) in [6.07, 6.45) is 4.63. The van der Waals surface area contributed by atoms with Gasteiger partial charge in [0.15, 0.2) is 0 Å². The number of rotatable bonds is 2. The minimum absolute atomic E-state index is 0.238. The molecule has 0 aromatic carbocycles. The Morgan fingerprint density at radius 3 is 2.88 bits per heavy atom. The van der Waals surface area contributed by atoms with Crippen LogP contribution in [0.25, 0.3) is 10.7 Å². The number of ketones is 1. The largest absolute Gasteiger partial charge is 0.339 e. The minimum Gasteiger partial charge on any atom is -0.339 e. The lowest BCUT2D eigenvalue weighted by molar-refractivity contribution is -0.120. The van der Waals surface area contributed by atoms with E-state index in [0.717, 1.165) is 17.7 Å². The molecule has 0 amide bonds. The molecule has 17 heavy (non-hydrogen) atoms. The molecule has 0 radical (unpaired) electrons. The van der Waals surface area contributed by atoms with Crippen molar-refractivity contribution in [3.63, 3.8) is 0 Å². The van der Waals surface area contributed by atoms with E-state index in [-0.39, 0.29) is 5.92 Å². The maximum Gasteiger partial charge on any atom is 0.230 e.